The van der Waals surface area contributed by atoms with Gasteiger partial charge in [-0.3, -0.25) is 9.78 Å². The first kappa shape index (κ1) is 21.5. The van der Waals surface area contributed by atoms with Gasteiger partial charge < -0.3 is 9.64 Å². The summed E-state index contributed by atoms with van der Waals surface area (Å²) in [5.41, 5.74) is 2.31. The van der Waals surface area contributed by atoms with Gasteiger partial charge in [-0.15, -0.1) is 0 Å². The SMILES string of the molecule is CCC(CNS(N)(=O)=O)C1CCN(c2ccnc3cc(C=O)c(OC)cc23)CC1. The van der Waals surface area contributed by atoms with Gasteiger partial charge in [-0.2, -0.15) is 8.42 Å². The number of benzene rings is 1. The molecule has 0 saturated carbocycles. The number of ether oxygens (including phenoxy) is 1. The maximum atomic E-state index is 11.3. The molecule has 3 N–H and O–H groups in total. The van der Waals surface area contributed by atoms with E-state index in [0.29, 0.717) is 23.8 Å². The Morgan fingerprint density at radius 2 is 2.10 bits per heavy atom. The number of hydrogen-bond donors (Lipinski definition) is 2. The molecule has 1 atom stereocenters. The second-order valence-electron chi connectivity index (χ2n) is 7.45. The molecule has 0 radical (unpaired) electrons. The highest BCUT2D eigenvalue weighted by atomic mass is 32.2. The van der Waals surface area contributed by atoms with Gasteiger partial charge in [-0.1, -0.05) is 13.3 Å². The number of carbonyl (C=O) groups is 1. The number of rotatable bonds is 8. The van der Waals surface area contributed by atoms with Gasteiger partial charge in [0.15, 0.2) is 6.29 Å². The third-order valence-electron chi connectivity index (χ3n) is 5.82. The monoisotopic (exact) mass is 420 g/mol. The van der Waals surface area contributed by atoms with Crippen LogP contribution >= 0.6 is 0 Å². The largest absolute Gasteiger partial charge is 0.496 e. The van der Waals surface area contributed by atoms with E-state index in [-0.39, 0.29) is 5.92 Å². The number of aldehydes is 1. The molecule has 158 valence electrons. The summed E-state index contributed by atoms with van der Waals surface area (Å²) in [6.45, 7) is 4.19. The minimum absolute atomic E-state index is 0.264. The number of nitrogens with one attached hydrogen (secondary N) is 1. The maximum absolute atomic E-state index is 11.3. The molecule has 9 heteroatoms. The van der Waals surface area contributed by atoms with Gasteiger partial charge in [0.2, 0.25) is 0 Å². The number of piperidine rings is 1. The molecule has 29 heavy (non-hydrogen) atoms. The van der Waals surface area contributed by atoms with Crippen molar-refractivity contribution in [3.8, 4) is 5.75 Å². The fourth-order valence-electron chi connectivity index (χ4n) is 4.20. The van der Waals surface area contributed by atoms with Crippen LogP contribution in [0.3, 0.4) is 0 Å². The van der Waals surface area contributed by atoms with Crippen molar-refractivity contribution in [1.29, 1.82) is 0 Å². The smallest absolute Gasteiger partial charge is 0.274 e. The number of pyridine rings is 1. The van der Waals surface area contributed by atoms with Crippen molar-refractivity contribution < 1.29 is 17.9 Å². The van der Waals surface area contributed by atoms with Gasteiger partial charge in [-0.05, 0) is 42.9 Å². The predicted octanol–water partition coefficient (Wildman–Crippen LogP) is 2.09. The molecule has 1 saturated heterocycles. The highest BCUT2D eigenvalue weighted by Gasteiger charge is 2.27. The van der Waals surface area contributed by atoms with Crippen LogP contribution in [0.25, 0.3) is 10.9 Å². The number of methoxy groups -OCH3 is 1. The zero-order valence-corrected chi connectivity index (χ0v) is 17.6. The van der Waals surface area contributed by atoms with Gasteiger partial charge in [-0.25, -0.2) is 9.86 Å². The molecule has 8 nitrogen and oxygen atoms in total. The highest BCUT2D eigenvalue weighted by Crippen LogP contribution is 2.35. The normalized spacial score (nSPS) is 16.7. The van der Waals surface area contributed by atoms with Gasteiger partial charge >= 0.3 is 0 Å². The van der Waals surface area contributed by atoms with E-state index in [1.807, 2.05) is 12.1 Å². The van der Waals surface area contributed by atoms with E-state index in [1.165, 1.54) is 0 Å². The van der Waals surface area contributed by atoms with E-state index in [0.717, 1.165) is 55.2 Å². The molecule has 1 fully saturated rings. The first-order valence-electron chi connectivity index (χ1n) is 9.80. The second kappa shape index (κ2) is 9.06. The van der Waals surface area contributed by atoms with Crippen LogP contribution in [0.2, 0.25) is 0 Å². The van der Waals surface area contributed by atoms with E-state index < -0.39 is 10.2 Å². The Balaban J connectivity index is 1.77. The van der Waals surface area contributed by atoms with Gasteiger partial charge in [0.25, 0.3) is 10.2 Å². The molecule has 0 aliphatic carbocycles. The van der Waals surface area contributed by atoms with E-state index in [1.54, 1.807) is 19.4 Å². The lowest BCUT2D eigenvalue weighted by Gasteiger charge is -2.37. The summed E-state index contributed by atoms with van der Waals surface area (Å²) in [6.07, 6.45) is 5.38. The van der Waals surface area contributed by atoms with Crippen LogP contribution in [0, 0.1) is 11.8 Å². The standard InChI is InChI=1S/C20H28N4O4S/c1-3-14(12-23-29(21,26)27)15-5-8-24(9-6-15)19-4-7-22-18-10-16(13-25)20(28-2)11-17(18)19/h4,7,10-11,13-15,23H,3,5-6,8-9,12H2,1-2H3,(H2,21,26,27). The summed E-state index contributed by atoms with van der Waals surface area (Å²) in [5, 5.41) is 6.03. The predicted molar refractivity (Wildman–Crippen MR) is 114 cm³/mol. The van der Waals surface area contributed by atoms with Crippen molar-refractivity contribution in [1.82, 2.24) is 9.71 Å². The average molecular weight is 421 g/mol. The molecule has 0 amide bonds. The summed E-state index contributed by atoms with van der Waals surface area (Å²) >= 11 is 0. The Bertz CT molecular complexity index is 972. The van der Waals surface area contributed by atoms with Crippen LogP contribution in [0.4, 0.5) is 5.69 Å². The molecule has 1 aliphatic heterocycles. The summed E-state index contributed by atoms with van der Waals surface area (Å²) < 4.78 is 30.2. The lowest BCUT2D eigenvalue weighted by molar-refractivity contribution is 0.112. The molecule has 1 aromatic carbocycles. The van der Waals surface area contributed by atoms with Crippen molar-refractivity contribution in [3.05, 3.63) is 30.0 Å². The Kier molecular flexibility index (Phi) is 6.71. The number of carbonyl (C=O) groups excluding carboxylic acids is 1. The third kappa shape index (κ3) is 5.04. The minimum Gasteiger partial charge on any atom is -0.496 e. The molecule has 3 rings (SSSR count). The molecule has 1 aromatic heterocycles. The topological polar surface area (TPSA) is 115 Å². The van der Waals surface area contributed by atoms with E-state index in [2.05, 4.69) is 21.5 Å². The number of aromatic nitrogens is 1. The third-order valence-corrected chi connectivity index (χ3v) is 6.38. The Morgan fingerprint density at radius 1 is 1.38 bits per heavy atom. The zero-order valence-electron chi connectivity index (χ0n) is 16.8. The molecular formula is C20H28N4O4S. The van der Waals surface area contributed by atoms with Crippen LogP contribution in [-0.2, 0) is 10.2 Å². The minimum atomic E-state index is -3.66. The van der Waals surface area contributed by atoms with Crippen LogP contribution in [0.5, 0.6) is 5.75 Å². The maximum Gasteiger partial charge on any atom is 0.274 e. The quantitative estimate of drug-likeness (QED) is 0.632. The highest BCUT2D eigenvalue weighted by molar-refractivity contribution is 7.87. The molecular weight excluding hydrogens is 392 g/mol. The van der Waals surface area contributed by atoms with Gasteiger partial charge in [0.05, 0.1) is 18.2 Å². The Labute approximate surface area is 171 Å². The van der Waals surface area contributed by atoms with Crippen LogP contribution in [0.15, 0.2) is 24.4 Å². The molecule has 0 bridgehead atoms. The van der Waals surface area contributed by atoms with E-state index >= 15 is 0 Å². The fraction of sp³-hybridized carbons (Fsp3) is 0.500. The molecule has 2 heterocycles. The number of hydrogen-bond acceptors (Lipinski definition) is 6. The van der Waals surface area contributed by atoms with Crippen molar-refractivity contribution >= 4 is 33.1 Å². The summed E-state index contributed by atoms with van der Waals surface area (Å²) in [6, 6.07) is 5.62. The van der Waals surface area contributed by atoms with Gasteiger partial charge in [0, 0.05) is 36.9 Å². The summed E-state index contributed by atoms with van der Waals surface area (Å²) in [7, 11) is -2.11. The zero-order chi connectivity index (χ0) is 21.0. The van der Waals surface area contributed by atoms with E-state index in [4.69, 9.17) is 9.88 Å². The van der Waals surface area contributed by atoms with E-state index in [9.17, 15) is 13.2 Å². The molecule has 1 unspecified atom stereocenters. The average Bonchev–Trinajstić information content (AvgIpc) is 2.72. The summed E-state index contributed by atoms with van der Waals surface area (Å²) in [5.74, 6) is 1.24. The second-order valence-corrected chi connectivity index (χ2v) is 8.82. The van der Waals surface area contributed by atoms with Crippen molar-refractivity contribution in [3.63, 3.8) is 0 Å². The molecule has 2 aromatic rings. The number of fused-ring (bicyclic) bond motifs is 1. The number of nitrogens with two attached hydrogens (primary N) is 1. The van der Waals surface area contributed by atoms with Crippen molar-refractivity contribution in [2.45, 2.75) is 26.2 Å². The molecule has 1 aliphatic rings. The van der Waals surface area contributed by atoms with Crippen LogP contribution in [0.1, 0.15) is 36.5 Å². The fourth-order valence-corrected chi connectivity index (χ4v) is 4.64. The first-order valence-corrected chi connectivity index (χ1v) is 11.3. The van der Waals surface area contributed by atoms with Gasteiger partial charge in [0.1, 0.15) is 5.75 Å². The van der Waals surface area contributed by atoms with Crippen molar-refractivity contribution in [2.75, 3.05) is 31.6 Å². The van der Waals surface area contributed by atoms with Crippen LogP contribution in [-0.4, -0.2) is 46.4 Å². The summed E-state index contributed by atoms with van der Waals surface area (Å²) in [4.78, 5) is 18.0. The molecule has 0 spiro atoms. The van der Waals surface area contributed by atoms with Crippen LogP contribution < -0.4 is 19.5 Å². The lowest BCUT2D eigenvalue weighted by atomic mass is 9.82. The first-order chi connectivity index (χ1) is 13.9. The lowest BCUT2D eigenvalue weighted by Crippen LogP contribution is -2.41. The number of nitrogens with zero attached hydrogens (tertiary/aromatic N) is 2. The Hall–Kier alpha value is -2.23. The van der Waals surface area contributed by atoms with Crippen molar-refractivity contribution in [2.24, 2.45) is 17.0 Å². The Morgan fingerprint density at radius 3 is 2.69 bits per heavy atom. The number of anilines is 1.